The fourth-order valence-corrected chi connectivity index (χ4v) is 8.44. The van der Waals surface area contributed by atoms with Gasteiger partial charge >= 0.3 is 0 Å². The number of morpholine rings is 1. The molecule has 1 N–H and O–H groups in total. The largest absolute Gasteiger partial charge is 0.383 e. The van der Waals surface area contributed by atoms with Gasteiger partial charge in [0.1, 0.15) is 4.83 Å². The molecule has 0 radical (unpaired) electrons. The Balaban J connectivity index is 1.33. The Kier molecular flexibility index (Phi) is 8.74. The number of anilines is 1. The van der Waals surface area contributed by atoms with E-state index in [1.807, 2.05) is 0 Å². The molecule has 1 amide bonds. The molecule has 1 aromatic carbocycles. The van der Waals surface area contributed by atoms with E-state index in [4.69, 9.17) is 14.5 Å². The first-order valence-electron chi connectivity index (χ1n) is 13.0. The van der Waals surface area contributed by atoms with E-state index in [9.17, 15) is 18.0 Å². The Hall–Kier alpha value is -2.29. The van der Waals surface area contributed by atoms with Crippen LogP contribution in [-0.4, -0.2) is 73.5 Å². The molecule has 5 rings (SSSR count). The van der Waals surface area contributed by atoms with Gasteiger partial charge in [0.05, 0.1) is 41.9 Å². The van der Waals surface area contributed by atoms with Crippen molar-refractivity contribution < 1.29 is 22.7 Å². The summed E-state index contributed by atoms with van der Waals surface area (Å²) in [4.78, 5) is 33.6. The van der Waals surface area contributed by atoms with E-state index < -0.39 is 15.3 Å². The van der Waals surface area contributed by atoms with Gasteiger partial charge in [0.15, 0.2) is 5.16 Å². The third kappa shape index (κ3) is 5.93. The second kappa shape index (κ2) is 12.1. The lowest BCUT2D eigenvalue weighted by atomic mass is 9.97. The summed E-state index contributed by atoms with van der Waals surface area (Å²) in [6.45, 7) is 3.84. The van der Waals surface area contributed by atoms with Gasteiger partial charge in [-0.2, -0.15) is 4.31 Å². The summed E-state index contributed by atoms with van der Waals surface area (Å²) in [7, 11) is -2.03. The highest BCUT2D eigenvalue weighted by atomic mass is 32.2. The van der Waals surface area contributed by atoms with E-state index in [2.05, 4.69) is 5.32 Å². The molecule has 2 aromatic heterocycles. The van der Waals surface area contributed by atoms with Crippen LogP contribution in [0.3, 0.4) is 0 Å². The van der Waals surface area contributed by atoms with Crippen molar-refractivity contribution in [2.45, 2.75) is 54.5 Å². The Labute approximate surface area is 235 Å². The minimum Gasteiger partial charge on any atom is -0.383 e. The number of ether oxygens (including phenoxy) is 2. The van der Waals surface area contributed by atoms with E-state index in [1.165, 1.54) is 33.1 Å². The third-order valence-corrected chi connectivity index (χ3v) is 11.1. The lowest BCUT2D eigenvalue weighted by Crippen LogP contribution is -2.40. The van der Waals surface area contributed by atoms with Crippen LogP contribution in [0.4, 0.5) is 5.69 Å². The average Bonchev–Trinajstić information content (AvgIpc) is 3.32. The number of aromatic nitrogens is 2. The SMILES string of the molecule is COCCn1c(S[C@@H](C)C(=O)Nc2ccc(S(=O)(=O)N3CCOCC3)cc2)nc2sc3c(c2c1=O)CCCC3. The first-order chi connectivity index (χ1) is 18.8. The van der Waals surface area contributed by atoms with Gasteiger partial charge in [-0.1, -0.05) is 11.8 Å². The number of aryl methyl sites for hydroxylation is 2. The zero-order valence-electron chi connectivity index (χ0n) is 22.0. The zero-order valence-corrected chi connectivity index (χ0v) is 24.4. The van der Waals surface area contributed by atoms with Crippen molar-refractivity contribution in [3.63, 3.8) is 0 Å². The van der Waals surface area contributed by atoms with Crippen molar-refractivity contribution in [2.24, 2.45) is 0 Å². The number of fused-ring (bicyclic) bond motifs is 3. The average molecular weight is 593 g/mol. The van der Waals surface area contributed by atoms with Crippen molar-refractivity contribution in [2.75, 3.05) is 45.3 Å². The fourth-order valence-electron chi connectivity index (χ4n) is 4.79. The van der Waals surface area contributed by atoms with Crippen LogP contribution >= 0.6 is 23.1 Å². The topological polar surface area (TPSA) is 120 Å². The fraction of sp³-hybridized carbons (Fsp3) is 0.500. The highest BCUT2D eigenvalue weighted by Crippen LogP contribution is 2.35. The van der Waals surface area contributed by atoms with Crippen molar-refractivity contribution in [3.8, 4) is 0 Å². The predicted molar refractivity (Wildman–Crippen MR) is 152 cm³/mol. The number of rotatable bonds is 9. The molecule has 1 fully saturated rings. The molecule has 10 nitrogen and oxygen atoms in total. The standard InChI is InChI=1S/C26H32N4O6S3/c1-17(23(31)27-18-7-9-19(10-8-18)39(33,34)29-11-15-36-16-12-29)37-26-28-24-22(25(32)30(26)13-14-35-2)20-5-3-4-6-21(20)38-24/h7-10,17H,3-6,11-16H2,1-2H3,(H,27,31)/t17-/m0/s1. The van der Waals surface area contributed by atoms with E-state index in [0.29, 0.717) is 55.7 Å². The van der Waals surface area contributed by atoms with Crippen LogP contribution in [0.2, 0.25) is 0 Å². The summed E-state index contributed by atoms with van der Waals surface area (Å²) in [5.41, 5.74) is 1.54. The van der Waals surface area contributed by atoms with Crippen LogP contribution in [-0.2, 0) is 43.7 Å². The maximum Gasteiger partial charge on any atom is 0.263 e. The van der Waals surface area contributed by atoms with Gasteiger partial charge < -0.3 is 14.8 Å². The molecule has 1 aliphatic heterocycles. The number of hydrogen-bond acceptors (Lipinski definition) is 9. The van der Waals surface area contributed by atoms with Crippen LogP contribution < -0.4 is 10.9 Å². The number of hydrogen-bond donors (Lipinski definition) is 1. The number of carbonyl (C=O) groups is 1. The lowest BCUT2D eigenvalue weighted by Gasteiger charge is -2.26. The van der Waals surface area contributed by atoms with Crippen LogP contribution in [0.15, 0.2) is 39.1 Å². The molecular formula is C26H32N4O6S3. The highest BCUT2D eigenvalue weighted by molar-refractivity contribution is 8.00. The van der Waals surface area contributed by atoms with Crippen LogP contribution in [0.1, 0.15) is 30.2 Å². The van der Waals surface area contributed by atoms with Crippen molar-refractivity contribution in [1.82, 2.24) is 13.9 Å². The van der Waals surface area contributed by atoms with Gasteiger partial charge in [-0.25, -0.2) is 13.4 Å². The quantitative estimate of drug-likeness (QED) is 0.297. The Morgan fingerprint density at radius 1 is 1.21 bits per heavy atom. The molecule has 0 bridgehead atoms. The van der Waals surface area contributed by atoms with Crippen molar-refractivity contribution >= 4 is 54.9 Å². The maximum atomic E-state index is 13.6. The summed E-state index contributed by atoms with van der Waals surface area (Å²) in [6.07, 6.45) is 4.07. The monoisotopic (exact) mass is 592 g/mol. The second-order valence-electron chi connectivity index (χ2n) is 9.53. The van der Waals surface area contributed by atoms with Gasteiger partial charge in [-0.15, -0.1) is 11.3 Å². The molecule has 0 saturated carbocycles. The molecule has 1 atom stereocenters. The number of thiophene rings is 1. The second-order valence-corrected chi connectivity index (χ2v) is 13.9. The predicted octanol–water partition coefficient (Wildman–Crippen LogP) is 3.12. The molecule has 3 aromatic rings. The Morgan fingerprint density at radius 2 is 1.92 bits per heavy atom. The highest BCUT2D eigenvalue weighted by Gasteiger charge is 2.27. The van der Waals surface area contributed by atoms with E-state index in [1.54, 1.807) is 42.1 Å². The number of nitrogens with one attached hydrogen (secondary N) is 1. The summed E-state index contributed by atoms with van der Waals surface area (Å²) in [6, 6.07) is 6.15. The maximum absolute atomic E-state index is 13.6. The van der Waals surface area contributed by atoms with E-state index in [0.717, 1.165) is 36.1 Å². The van der Waals surface area contributed by atoms with Gasteiger partial charge in [0.25, 0.3) is 5.56 Å². The van der Waals surface area contributed by atoms with Gasteiger partial charge in [0, 0.05) is 30.8 Å². The molecular weight excluding hydrogens is 561 g/mol. The number of sulfonamides is 1. The van der Waals surface area contributed by atoms with Crippen LogP contribution in [0.25, 0.3) is 10.2 Å². The Bertz CT molecular complexity index is 1510. The first-order valence-corrected chi connectivity index (χ1v) is 16.1. The van der Waals surface area contributed by atoms with Gasteiger partial charge in [-0.3, -0.25) is 14.2 Å². The first kappa shape index (κ1) is 28.2. The lowest BCUT2D eigenvalue weighted by molar-refractivity contribution is -0.115. The molecule has 1 saturated heterocycles. The zero-order chi connectivity index (χ0) is 27.6. The third-order valence-electron chi connectivity index (χ3n) is 6.94. The molecule has 39 heavy (non-hydrogen) atoms. The number of carbonyl (C=O) groups excluding carboxylic acids is 1. The number of nitrogens with zero attached hydrogens (tertiary/aromatic N) is 3. The molecule has 0 unspecified atom stereocenters. The molecule has 3 heterocycles. The molecule has 1 aliphatic carbocycles. The molecule has 2 aliphatic rings. The summed E-state index contributed by atoms with van der Waals surface area (Å²) in [5, 5.41) is 3.48. The van der Waals surface area contributed by atoms with Gasteiger partial charge in [-0.05, 0) is 62.4 Å². The van der Waals surface area contributed by atoms with Crippen molar-refractivity contribution in [3.05, 3.63) is 45.1 Å². The summed E-state index contributed by atoms with van der Waals surface area (Å²) in [5.74, 6) is -0.276. The van der Waals surface area contributed by atoms with Crippen LogP contribution in [0.5, 0.6) is 0 Å². The smallest absolute Gasteiger partial charge is 0.263 e. The normalized spacial score (nSPS) is 17.2. The summed E-state index contributed by atoms with van der Waals surface area (Å²) >= 11 is 2.81. The number of amides is 1. The van der Waals surface area contributed by atoms with Crippen molar-refractivity contribution in [1.29, 1.82) is 0 Å². The van der Waals surface area contributed by atoms with Crippen LogP contribution in [0, 0.1) is 0 Å². The minimum atomic E-state index is -3.61. The Morgan fingerprint density at radius 3 is 2.64 bits per heavy atom. The summed E-state index contributed by atoms with van der Waals surface area (Å²) < 4.78 is 39.2. The number of methoxy groups -OCH3 is 1. The molecule has 0 spiro atoms. The van der Waals surface area contributed by atoms with E-state index in [-0.39, 0.29) is 16.4 Å². The van der Waals surface area contributed by atoms with Gasteiger partial charge in [0.2, 0.25) is 15.9 Å². The number of benzene rings is 1. The molecule has 13 heteroatoms. The minimum absolute atomic E-state index is 0.0800. The molecule has 210 valence electrons. The van der Waals surface area contributed by atoms with E-state index >= 15 is 0 Å². The number of thioether (sulfide) groups is 1.